The molecule has 3 nitrogen and oxygen atoms in total. The summed E-state index contributed by atoms with van der Waals surface area (Å²) in [5.41, 5.74) is 0.546. The van der Waals surface area contributed by atoms with E-state index in [-0.39, 0.29) is 11.1 Å². The first-order valence-electron chi connectivity index (χ1n) is 9.19. The van der Waals surface area contributed by atoms with Crippen LogP contribution in [0.3, 0.4) is 0 Å². The molecular formula is C18H34N2O. The quantitative estimate of drug-likeness (QED) is 0.861. The second kappa shape index (κ2) is 6.17. The largest absolute Gasteiger partial charge is 0.370 e. The van der Waals surface area contributed by atoms with Crippen molar-refractivity contribution in [2.75, 3.05) is 19.6 Å². The molecule has 0 bridgehead atoms. The van der Waals surface area contributed by atoms with Crippen LogP contribution < -0.4 is 5.32 Å². The van der Waals surface area contributed by atoms with E-state index in [2.05, 4.69) is 31.0 Å². The van der Waals surface area contributed by atoms with Crippen LogP contribution in [-0.4, -0.2) is 47.8 Å². The molecule has 1 spiro atoms. The highest BCUT2D eigenvalue weighted by Gasteiger charge is 2.44. The zero-order valence-electron chi connectivity index (χ0n) is 14.3. The average molecular weight is 294 g/mol. The van der Waals surface area contributed by atoms with Crippen molar-refractivity contribution >= 4 is 0 Å². The monoisotopic (exact) mass is 294 g/mol. The fourth-order valence-corrected chi connectivity index (χ4v) is 4.60. The Labute approximate surface area is 130 Å². The topological polar surface area (TPSA) is 24.5 Å². The number of ether oxygens (including phenoxy) is 1. The Morgan fingerprint density at radius 1 is 1.19 bits per heavy atom. The van der Waals surface area contributed by atoms with E-state index in [1.807, 2.05) is 0 Å². The van der Waals surface area contributed by atoms with Gasteiger partial charge in [0.25, 0.3) is 0 Å². The molecule has 3 fully saturated rings. The zero-order chi connectivity index (χ0) is 14.9. The van der Waals surface area contributed by atoms with E-state index in [0.29, 0.717) is 12.1 Å². The van der Waals surface area contributed by atoms with Crippen LogP contribution >= 0.6 is 0 Å². The minimum absolute atomic E-state index is 0.263. The summed E-state index contributed by atoms with van der Waals surface area (Å²) in [7, 11) is 0. The third kappa shape index (κ3) is 3.46. The Morgan fingerprint density at radius 3 is 2.67 bits per heavy atom. The molecule has 0 aromatic heterocycles. The molecule has 0 aromatic carbocycles. The number of nitrogens with zero attached hydrogens (tertiary/aromatic N) is 1. The van der Waals surface area contributed by atoms with Crippen molar-refractivity contribution in [3.63, 3.8) is 0 Å². The normalized spacial score (nSPS) is 35.6. The van der Waals surface area contributed by atoms with Crippen molar-refractivity contribution in [1.82, 2.24) is 10.2 Å². The third-order valence-electron chi connectivity index (χ3n) is 6.03. The fraction of sp³-hybridized carbons (Fsp3) is 1.00. The third-order valence-corrected chi connectivity index (χ3v) is 6.03. The van der Waals surface area contributed by atoms with Crippen molar-refractivity contribution in [2.24, 2.45) is 0 Å². The second-order valence-corrected chi connectivity index (χ2v) is 8.25. The summed E-state index contributed by atoms with van der Waals surface area (Å²) in [6, 6.07) is 0.671. The number of rotatable bonds is 4. The van der Waals surface area contributed by atoms with Crippen molar-refractivity contribution < 1.29 is 4.74 Å². The minimum atomic E-state index is 0.263. The number of hydrogen-bond donors (Lipinski definition) is 1. The summed E-state index contributed by atoms with van der Waals surface area (Å²) >= 11 is 0. The van der Waals surface area contributed by atoms with Crippen LogP contribution in [0, 0.1) is 0 Å². The molecule has 21 heavy (non-hydrogen) atoms. The predicted molar refractivity (Wildman–Crippen MR) is 87.7 cm³/mol. The lowest BCUT2D eigenvalue weighted by Crippen LogP contribution is -2.63. The van der Waals surface area contributed by atoms with Crippen LogP contribution in [0.4, 0.5) is 0 Å². The van der Waals surface area contributed by atoms with E-state index in [9.17, 15) is 0 Å². The Balaban J connectivity index is 1.57. The summed E-state index contributed by atoms with van der Waals surface area (Å²) in [4.78, 5) is 2.70. The van der Waals surface area contributed by atoms with Gasteiger partial charge in [0.1, 0.15) is 0 Å². The predicted octanol–water partition coefficient (Wildman–Crippen LogP) is 3.33. The van der Waals surface area contributed by atoms with Crippen molar-refractivity contribution in [2.45, 2.75) is 95.4 Å². The molecule has 2 saturated heterocycles. The molecule has 1 N–H and O–H groups in total. The van der Waals surface area contributed by atoms with Gasteiger partial charge in [-0.3, -0.25) is 4.90 Å². The molecule has 3 aliphatic rings. The Hall–Kier alpha value is -0.120. The van der Waals surface area contributed by atoms with Crippen molar-refractivity contribution in [1.29, 1.82) is 0 Å². The molecule has 1 saturated carbocycles. The first-order valence-corrected chi connectivity index (χ1v) is 9.19. The molecule has 2 aliphatic heterocycles. The van der Waals surface area contributed by atoms with Crippen LogP contribution in [0.2, 0.25) is 0 Å². The lowest BCUT2D eigenvalue weighted by Gasteiger charge is -2.47. The van der Waals surface area contributed by atoms with Gasteiger partial charge < -0.3 is 10.1 Å². The first kappa shape index (κ1) is 15.8. The van der Waals surface area contributed by atoms with Gasteiger partial charge in [-0.15, -0.1) is 0 Å². The molecule has 0 radical (unpaired) electrons. The van der Waals surface area contributed by atoms with Gasteiger partial charge in [0, 0.05) is 31.2 Å². The number of hydrogen-bond acceptors (Lipinski definition) is 3. The highest BCUT2D eigenvalue weighted by atomic mass is 16.5. The molecule has 122 valence electrons. The van der Waals surface area contributed by atoms with Crippen LogP contribution in [0.25, 0.3) is 0 Å². The van der Waals surface area contributed by atoms with E-state index in [1.54, 1.807) is 0 Å². The van der Waals surface area contributed by atoms with E-state index in [1.165, 1.54) is 57.9 Å². The van der Waals surface area contributed by atoms with Gasteiger partial charge in [-0.05, 0) is 46.0 Å². The first-order chi connectivity index (χ1) is 10.0. The maximum absolute atomic E-state index is 6.54. The Kier molecular flexibility index (Phi) is 4.63. The Bertz CT molecular complexity index is 349. The number of nitrogens with one attached hydrogen (secondary N) is 1. The van der Waals surface area contributed by atoms with Crippen LogP contribution in [0.1, 0.15) is 72.1 Å². The SMILES string of the molecule is CCCC1CN(CC2CCC3(CCCC3)O2)C(C)(C)CN1. The molecule has 2 unspecified atom stereocenters. The van der Waals surface area contributed by atoms with Gasteiger partial charge in [0.2, 0.25) is 0 Å². The van der Waals surface area contributed by atoms with Crippen LogP contribution in [-0.2, 0) is 4.74 Å². The van der Waals surface area contributed by atoms with Crippen LogP contribution in [0.5, 0.6) is 0 Å². The van der Waals surface area contributed by atoms with Gasteiger partial charge >= 0.3 is 0 Å². The highest BCUT2D eigenvalue weighted by Crippen LogP contribution is 2.43. The molecule has 3 heteroatoms. The van der Waals surface area contributed by atoms with E-state index in [0.717, 1.165) is 13.1 Å². The van der Waals surface area contributed by atoms with Crippen molar-refractivity contribution in [3.8, 4) is 0 Å². The van der Waals surface area contributed by atoms with E-state index in [4.69, 9.17) is 4.74 Å². The summed E-state index contributed by atoms with van der Waals surface area (Å²) in [6.45, 7) is 10.5. The Morgan fingerprint density at radius 2 is 1.95 bits per heavy atom. The lowest BCUT2D eigenvalue weighted by atomic mass is 9.94. The molecule has 0 amide bonds. The minimum Gasteiger partial charge on any atom is -0.370 e. The summed E-state index contributed by atoms with van der Waals surface area (Å²) in [5.74, 6) is 0. The molecule has 2 atom stereocenters. The summed E-state index contributed by atoms with van der Waals surface area (Å²) < 4.78 is 6.54. The zero-order valence-corrected chi connectivity index (χ0v) is 14.3. The van der Waals surface area contributed by atoms with Crippen molar-refractivity contribution in [3.05, 3.63) is 0 Å². The van der Waals surface area contributed by atoms with E-state index >= 15 is 0 Å². The van der Waals surface area contributed by atoms with Gasteiger partial charge in [0.15, 0.2) is 0 Å². The summed E-state index contributed by atoms with van der Waals surface area (Å²) in [6.07, 6.45) is 11.0. The average Bonchev–Trinajstić information content (AvgIpc) is 3.05. The van der Waals surface area contributed by atoms with Crippen LogP contribution in [0.15, 0.2) is 0 Å². The maximum Gasteiger partial charge on any atom is 0.0710 e. The lowest BCUT2D eigenvalue weighted by molar-refractivity contribution is -0.0638. The molecule has 2 heterocycles. The van der Waals surface area contributed by atoms with Gasteiger partial charge in [-0.1, -0.05) is 26.2 Å². The molecule has 0 aromatic rings. The smallest absolute Gasteiger partial charge is 0.0710 e. The second-order valence-electron chi connectivity index (χ2n) is 8.25. The maximum atomic E-state index is 6.54. The molecule has 1 aliphatic carbocycles. The van der Waals surface area contributed by atoms with Gasteiger partial charge in [-0.2, -0.15) is 0 Å². The molecule has 3 rings (SSSR count). The fourth-order valence-electron chi connectivity index (χ4n) is 4.60. The summed E-state index contributed by atoms with van der Waals surface area (Å²) in [5, 5.41) is 3.73. The molecular weight excluding hydrogens is 260 g/mol. The highest BCUT2D eigenvalue weighted by molar-refractivity contribution is 4.97. The standard InChI is InChI=1S/C18H34N2O/c1-4-7-15-12-20(17(2,3)14-19-15)13-16-8-11-18(21-16)9-5-6-10-18/h15-16,19H,4-14H2,1-3H3. The van der Waals surface area contributed by atoms with Gasteiger partial charge in [-0.25, -0.2) is 0 Å². The van der Waals surface area contributed by atoms with E-state index < -0.39 is 0 Å². The number of piperazine rings is 1. The van der Waals surface area contributed by atoms with Gasteiger partial charge in [0.05, 0.1) is 11.7 Å².